The third-order valence-corrected chi connectivity index (χ3v) is 9.29. The Bertz CT molecular complexity index is 902. The fourth-order valence-corrected chi connectivity index (χ4v) is 6.81. The van der Waals surface area contributed by atoms with Gasteiger partial charge in [-0.05, 0) is 65.2 Å². The minimum atomic E-state index is -0.959. The Hall–Kier alpha value is -2.46. The number of ketones is 4. The molecule has 2 amide bonds. The summed E-state index contributed by atoms with van der Waals surface area (Å²) in [4.78, 5) is 76.1. The first-order chi connectivity index (χ1) is 19.0. The number of Topliss-reactive ketones (excluding diaryl/α,β-unsaturated/α-hetero) is 4. The maximum Gasteiger partial charge on any atom is 0.293 e. The Morgan fingerprint density at radius 1 is 0.550 bits per heavy atom. The zero-order chi connectivity index (χ0) is 29.5. The molecular weight excluding hydrogens is 516 g/mol. The van der Waals surface area contributed by atoms with E-state index in [1.807, 2.05) is 0 Å². The standard InChI is InChI=1S/2C15H23NO4/c2*1-11(17)12-7-6-10-16(12)14(19)13(18)15(20-2)8-4-3-5-9-15/h2*12H,3-10H2,1-2H3/t2*12-/m10/s1. The molecule has 224 valence electrons. The molecule has 4 fully saturated rings. The van der Waals surface area contributed by atoms with Crippen molar-refractivity contribution in [2.24, 2.45) is 0 Å². The molecule has 0 radical (unpaired) electrons. The van der Waals surface area contributed by atoms with E-state index in [2.05, 4.69) is 0 Å². The van der Waals surface area contributed by atoms with Gasteiger partial charge < -0.3 is 19.3 Å². The first kappa shape index (κ1) is 32.1. The molecule has 2 atom stereocenters. The molecule has 0 spiro atoms. The van der Waals surface area contributed by atoms with Gasteiger partial charge in [-0.15, -0.1) is 0 Å². The van der Waals surface area contributed by atoms with Gasteiger partial charge in [0.2, 0.25) is 0 Å². The topological polar surface area (TPSA) is 127 Å². The van der Waals surface area contributed by atoms with Crippen molar-refractivity contribution in [1.29, 1.82) is 0 Å². The molecule has 2 saturated heterocycles. The third-order valence-electron chi connectivity index (χ3n) is 9.29. The van der Waals surface area contributed by atoms with Crippen LogP contribution in [0, 0.1) is 0 Å². The zero-order valence-corrected chi connectivity index (χ0v) is 24.6. The predicted molar refractivity (Wildman–Crippen MR) is 146 cm³/mol. The second-order valence-corrected chi connectivity index (χ2v) is 11.7. The lowest BCUT2D eigenvalue weighted by atomic mass is 9.81. The molecule has 0 aromatic heterocycles. The Morgan fingerprint density at radius 2 is 0.875 bits per heavy atom. The van der Waals surface area contributed by atoms with Gasteiger partial charge in [-0.1, -0.05) is 38.5 Å². The van der Waals surface area contributed by atoms with Crippen LogP contribution < -0.4 is 0 Å². The summed E-state index contributed by atoms with van der Waals surface area (Å²) in [7, 11) is 3.01. The van der Waals surface area contributed by atoms with Crippen molar-refractivity contribution >= 4 is 34.9 Å². The summed E-state index contributed by atoms with van der Waals surface area (Å²) in [6, 6.07) is -0.854. The molecule has 4 aliphatic rings. The van der Waals surface area contributed by atoms with E-state index in [-0.39, 0.29) is 11.6 Å². The first-order valence-electron chi connectivity index (χ1n) is 14.9. The van der Waals surface area contributed by atoms with Crippen LogP contribution in [0.2, 0.25) is 0 Å². The summed E-state index contributed by atoms with van der Waals surface area (Å²) in [6.45, 7) is 3.95. The molecular formula is C30H46N2O8. The van der Waals surface area contributed by atoms with Gasteiger partial charge >= 0.3 is 0 Å². The van der Waals surface area contributed by atoms with Crippen LogP contribution in [0.5, 0.6) is 0 Å². The molecule has 0 N–H and O–H groups in total. The van der Waals surface area contributed by atoms with Gasteiger partial charge in [0, 0.05) is 27.3 Å². The normalized spacial score (nSPS) is 25.5. The number of amides is 2. The van der Waals surface area contributed by atoms with Crippen molar-refractivity contribution in [3.05, 3.63) is 0 Å². The van der Waals surface area contributed by atoms with Crippen LogP contribution in [0.4, 0.5) is 0 Å². The number of hydrogen-bond acceptors (Lipinski definition) is 8. The number of carbonyl (C=O) groups excluding carboxylic acids is 6. The van der Waals surface area contributed by atoms with Crippen molar-refractivity contribution in [2.75, 3.05) is 27.3 Å². The van der Waals surface area contributed by atoms with Crippen LogP contribution in [0.3, 0.4) is 0 Å². The fourth-order valence-electron chi connectivity index (χ4n) is 6.81. The van der Waals surface area contributed by atoms with Gasteiger partial charge in [-0.3, -0.25) is 28.8 Å². The summed E-state index contributed by atoms with van der Waals surface area (Å²) in [6.07, 6.45) is 11.1. The highest BCUT2D eigenvalue weighted by molar-refractivity contribution is 6.40. The quantitative estimate of drug-likeness (QED) is 0.413. The van der Waals surface area contributed by atoms with Crippen molar-refractivity contribution in [1.82, 2.24) is 9.80 Å². The van der Waals surface area contributed by atoms with Gasteiger partial charge in [-0.2, -0.15) is 0 Å². The molecule has 10 nitrogen and oxygen atoms in total. The lowest BCUT2D eigenvalue weighted by Crippen LogP contribution is -2.53. The van der Waals surface area contributed by atoms with Crippen LogP contribution in [0.1, 0.15) is 104 Å². The van der Waals surface area contributed by atoms with E-state index in [0.717, 1.165) is 51.4 Å². The van der Waals surface area contributed by atoms with Crippen molar-refractivity contribution in [3.63, 3.8) is 0 Å². The molecule has 0 aromatic carbocycles. The first-order valence-corrected chi connectivity index (χ1v) is 14.9. The Kier molecular flexibility index (Phi) is 11.2. The minimum absolute atomic E-state index is 0.0428. The zero-order valence-electron chi connectivity index (χ0n) is 24.6. The average Bonchev–Trinajstić information content (AvgIpc) is 3.67. The van der Waals surface area contributed by atoms with Crippen LogP contribution in [0.15, 0.2) is 0 Å². The smallest absolute Gasteiger partial charge is 0.293 e. The third kappa shape index (κ3) is 6.70. The van der Waals surface area contributed by atoms with Gasteiger partial charge in [-0.25, -0.2) is 0 Å². The molecule has 10 heteroatoms. The van der Waals surface area contributed by atoms with E-state index >= 15 is 0 Å². The summed E-state index contributed by atoms with van der Waals surface area (Å²) in [5.41, 5.74) is -1.92. The summed E-state index contributed by atoms with van der Waals surface area (Å²) in [5.74, 6) is -2.09. The second kappa shape index (κ2) is 13.9. The SMILES string of the molecule is COC1(C(=O)C(=O)N2CCC[C@@H]2C(C)=O)CCCCC1.COC1(C(=O)C(=O)N2CCC[C@H]2C(C)=O)CCCCC1. The van der Waals surface area contributed by atoms with Crippen molar-refractivity contribution < 1.29 is 38.2 Å². The predicted octanol–water partition coefficient (Wildman–Crippen LogP) is 2.97. The van der Waals surface area contributed by atoms with E-state index in [1.54, 1.807) is 0 Å². The molecule has 4 rings (SSSR count). The highest BCUT2D eigenvalue weighted by atomic mass is 16.5. The summed E-state index contributed by atoms with van der Waals surface area (Å²) in [5, 5.41) is 0. The van der Waals surface area contributed by atoms with Crippen LogP contribution >= 0.6 is 0 Å². The molecule has 2 saturated carbocycles. The van der Waals surface area contributed by atoms with E-state index in [1.165, 1.54) is 37.9 Å². The van der Waals surface area contributed by atoms with E-state index in [9.17, 15) is 28.8 Å². The molecule has 2 aliphatic carbocycles. The molecule has 0 aromatic rings. The number of carbonyl (C=O) groups is 6. The highest BCUT2D eigenvalue weighted by Gasteiger charge is 2.48. The summed E-state index contributed by atoms with van der Waals surface area (Å²) >= 11 is 0. The fraction of sp³-hybridized carbons (Fsp3) is 0.800. The highest BCUT2D eigenvalue weighted by Crippen LogP contribution is 2.34. The number of ether oxygens (including phenoxy) is 2. The molecule has 2 heterocycles. The Balaban J connectivity index is 0.000000220. The summed E-state index contributed by atoms with van der Waals surface area (Å²) < 4.78 is 10.9. The second-order valence-electron chi connectivity index (χ2n) is 11.7. The average molecular weight is 563 g/mol. The van der Waals surface area contributed by atoms with E-state index in [4.69, 9.17) is 9.47 Å². The van der Waals surface area contributed by atoms with E-state index in [0.29, 0.717) is 51.6 Å². The number of rotatable bonds is 8. The van der Waals surface area contributed by atoms with Gasteiger partial charge in [0.1, 0.15) is 11.2 Å². The largest absolute Gasteiger partial charge is 0.370 e. The lowest BCUT2D eigenvalue weighted by molar-refractivity contribution is -0.160. The lowest BCUT2D eigenvalue weighted by Gasteiger charge is -2.35. The van der Waals surface area contributed by atoms with E-state index < -0.39 is 46.7 Å². The number of hydrogen-bond donors (Lipinski definition) is 0. The number of nitrogens with zero attached hydrogens (tertiary/aromatic N) is 2. The Labute approximate surface area is 237 Å². The van der Waals surface area contributed by atoms with Gasteiger partial charge in [0.15, 0.2) is 11.6 Å². The van der Waals surface area contributed by atoms with Crippen molar-refractivity contribution in [3.8, 4) is 0 Å². The van der Waals surface area contributed by atoms with Crippen LogP contribution in [0.25, 0.3) is 0 Å². The molecule has 0 bridgehead atoms. The minimum Gasteiger partial charge on any atom is -0.370 e. The van der Waals surface area contributed by atoms with Gasteiger partial charge in [0.05, 0.1) is 12.1 Å². The van der Waals surface area contributed by atoms with Crippen molar-refractivity contribution in [2.45, 2.75) is 127 Å². The number of methoxy groups -OCH3 is 2. The maximum absolute atomic E-state index is 12.6. The van der Waals surface area contributed by atoms with Gasteiger partial charge in [0.25, 0.3) is 23.4 Å². The molecule has 0 unspecified atom stereocenters. The monoisotopic (exact) mass is 562 g/mol. The van der Waals surface area contributed by atoms with Crippen LogP contribution in [-0.2, 0) is 38.2 Å². The molecule has 40 heavy (non-hydrogen) atoms. The molecule has 2 aliphatic heterocycles. The number of likely N-dealkylation sites (tertiary alicyclic amines) is 2. The van der Waals surface area contributed by atoms with Crippen LogP contribution in [-0.4, -0.2) is 95.3 Å². The Morgan fingerprint density at radius 3 is 1.15 bits per heavy atom. The maximum atomic E-state index is 12.6.